The van der Waals surface area contributed by atoms with Crippen molar-refractivity contribution in [2.45, 2.75) is 52.0 Å². The number of carbonyl (C=O) groups is 2. The number of benzene rings is 1. The first kappa shape index (κ1) is 19.9. The number of ether oxygens (including phenoxy) is 2. The summed E-state index contributed by atoms with van der Waals surface area (Å²) in [7, 11) is 0. The van der Waals surface area contributed by atoms with Gasteiger partial charge in [0.1, 0.15) is 0 Å². The molecule has 27 heavy (non-hydrogen) atoms. The maximum absolute atomic E-state index is 12.7. The third-order valence-electron chi connectivity index (χ3n) is 5.57. The van der Waals surface area contributed by atoms with Crippen LogP contribution < -0.4 is 0 Å². The largest absolute Gasteiger partial charge is 0.462 e. The monoisotopic (exact) mass is 373 g/mol. The normalized spacial score (nSPS) is 22.9. The summed E-state index contributed by atoms with van der Waals surface area (Å²) in [6.45, 7) is 7.05. The SMILES string of the molecule is CC(C)COC(=O)c1ccccc1C(=O)OCC1CCCN2CCCCC12. The summed E-state index contributed by atoms with van der Waals surface area (Å²) in [5, 5.41) is 0. The zero-order valence-electron chi connectivity index (χ0n) is 16.5. The minimum absolute atomic E-state index is 0.248. The van der Waals surface area contributed by atoms with Gasteiger partial charge in [-0.3, -0.25) is 4.90 Å². The maximum Gasteiger partial charge on any atom is 0.339 e. The molecule has 0 spiro atoms. The lowest BCUT2D eigenvalue weighted by atomic mass is 9.84. The van der Waals surface area contributed by atoms with E-state index in [1.165, 1.54) is 32.4 Å². The maximum atomic E-state index is 12.7. The fraction of sp³-hybridized carbons (Fsp3) is 0.636. The molecule has 2 heterocycles. The van der Waals surface area contributed by atoms with E-state index in [0.717, 1.165) is 12.8 Å². The number of hydrogen-bond donors (Lipinski definition) is 0. The van der Waals surface area contributed by atoms with Gasteiger partial charge in [0.15, 0.2) is 0 Å². The Bertz CT molecular complexity index is 655. The highest BCUT2D eigenvalue weighted by molar-refractivity contribution is 6.03. The number of piperidine rings is 2. The first-order chi connectivity index (χ1) is 13.1. The Kier molecular flexibility index (Phi) is 6.89. The van der Waals surface area contributed by atoms with E-state index in [0.29, 0.717) is 30.7 Å². The van der Waals surface area contributed by atoms with Crippen molar-refractivity contribution in [2.24, 2.45) is 11.8 Å². The molecule has 0 amide bonds. The van der Waals surface area contributed by atoms with E-state index >= 15 is 0 Å². The number of nitrogens with zero attached hydrogens (tertiary/aromatic N) is 1. The molecule has 5 heteroatoms. The van der Waals surface area contributed by atoms with Gasteiger partial charge in [-0.2, -0.15) is 0 Å². The van der Waals surface area contributed by atoms with Crippen LogP contribution in [0.15, 0.2) is 24.3 Å². The molecule has 0 aliphatic carbocycles. The van der Waals surface area contributed by atoms with E-state index < -0.39 is 11.9 Å². The third-order valence-corrected chi connectivity index (χ3v) is 5.57. The van der Waals surface area contributed by atoms with Gasteiger partial charge in [-0.25, -0.2) is 9.59 Å². The van der Waals surface area contributed by atoms with E-state index in [1.54, 1.807) is 24.3 Å². The molecule has 2 fully saturated rings. The summed E-state index contributed by atoms with van der Waals surface area (Å²) < 4.78 is 11.0. The predicted octanol–water partition coefficient (Wildman–Crippen LogP) is 3.92. The predicted molar refractivity (Wildman–Crippen MR) is 104 cm³/mol. The van der Waals surface area contributed by atoms with Gasteiger partial charge in [0.25, 0.3) is 0 Å². The topological polar surface area (TPSA) is 55.8 Å². The Labute approximate surface area is 162 Å². The van der Waals surface area contributed by atoms with Crippen LogP contribution in [0.1, 0.15) is 66.7 Å². The van der Waals surface area contributed by atoms with E-state index in [2.05, 4.69) is 4.90 Å². The van der Waals surface area contributed by atoms with Gasteiger partial charge in [0.2, 0.25) is 0 Å². The molecule has 148 valence electrons. The van der Waals surface area contributed by atoms with Crippen LogP contribution in [0.3, 0.4) is 0 Å². The molecule has 0 saturated carbocycles. The Morgan fingerprint density at radius 1 is 1.00 bits per heavy atom. The van der Waals surface area contributed by atoms with Crippen molar-refractivity contribution in [3.05, 3.63) is 35.4 Å². The lowest BCUT2D eigenvalue weighted by Crippen LogP contribution is -2.49. The van der Waals surface area contributed by atoms with Gasteiger partial charge in [-0.05, 0) is 56.8 Å². The van der Waals surface area contributed by atoms with Gasteiger partial charge in [-0.1, -0.05) is 32.4 Å². The number of rotatable bonds is 6. The summed E-state index contributed by atoms with van der Waals surface area (Å²) >= 11 is 0. The molecule has 0 N–H and O–H groups in total. The van der Waals surface area contributed by atoms with E-state index in [9.17, 15) is 9.59 Å². The molecular weight excluding hydrogens is 342 g/mol. The van der Waals surface area contributed by atoms with Crippen LogP contribution in [0.4, 0.5) is 0 Å². The molecule has 1 aromatic carbocycles. The second-order valence-corrected chi connectivity index (χ2v) is 8.14. The summed E-state index contributed by atoms with van der Waals surface area (Å²) in [6.07, 6.45) is 5.99. The first-order valence-electron chi connectivity index (χ1n) is 10.2. The zero-order chi connectivity index (χ0) is 19.2. The molecule has 2 aliphatic rings. The standard InChI is InChI=1S/C22H31NO4/c1-16(2)14-26-21(24)18-9-3-4-10-19(18)22(25)27-15-17-8-7-13-23-12-6-5-11-20(17)23/h3-4,9-10,16-17,20H,5-8,11-15H2,1-2H3. The van der Waals surface area contributed by atoms with E-state index in [-0.39, 0.29) is 11.5 Å². The van der Waals surface area contributed by atoms with E-state index in [4.69, 9.17) is 9.47 Å². The smallest absolute Gasteiger partial charge is 0.339 e. The molecule has 0 bridgehead atoms. The highest BCUT2D eigenvalue weighted by Crippen LogP contribution is 2.31. The second kappa shape index (κ2) is 9.36. The Balaban J connectivity index is 1.62. The van der Waals surface area contributed by atoms with Crippen molar-refractivity contribution in [2.75, 3.05) is 26.3 Å². The van der Waals surface area contributed by atoms with Crippen LogP contribution >= 0.6 is 0 Å². The summed E-state index contributed by atoms with van der Waals surface area (Å²) in [5.41, 5.74) is 0.577. The van der Waals surface area contributed by atoms with Crippen molar-refractivity contribution in [3.63, 3.8) is 0 Å². The minimum atomic E-state index is -0.465. The fourth-order valence-electron chi connectivity index (χ4n) is 4.19. The quantitative estimate of drug-likeness (QED) is 0.708. The second-order valence-electron chi connectivity index (χ2n) is 8.14. The van der Waals surface area contributed by atoms with Crippen LogP contribution in [0.2, 0.25) is 0 Å². The fourth-order valence-corrected chi connectivity index (χ4v) is 4.19. The minimum Gasteiger partial charge on any atom is -0.462 e. The van der Waals surface area contributed by atoms with E-state index in [1.807, 2.05) is 13.8 Å². The number of fused-ring (bicyclic) bond motifs is 1. The average molecular weight is 373 g/mol. The Hall–Kier alpha value is -1.88. The van der Waals surface area contributed by atoms with Gasteiger partial charge >= 0.3 is 11.9 Å². The number of carbonyl (C=O) groups excluding carboxylic acids is 2. The highest BCUT2D eigenvalue weighted by Gasteiger charge is 2.34. The highest BCUT2D eigenvalue weighted by atomic mass is 16.5. The van der Waals surface area contributed by atoms with Crippen molar-refractivity contribution in [1.29, 1.82) is 0 Å². The molecule has 2 atom stereocenters. The average Bonchev–Trinajstić information content (AvgIpc) is 2.70. The van der Waals surface area contributed by atoms with Gasteiger partial charge in [0, 0.05) is 12.0 Å². The molecule has 0 aromatic heterocycles. The third kappa shape index (κ3) is 5.10. The molecule has 5 nitrogen and oxygen atoms in total. The number of esters is 2. The van der Waals surface area contributed by atoms with Crippen LogP contribution in [0, 0.1) is 11.8 Å². The summed E-state index contributed by atoms with van der Waals surface area (Å²) in [5.74, 6) is -0.256. The first-order valence-corrected chi connectivity index (χ1v) is 10.2. The Morgan fingerprint density at radius 3 is 2.37 bits per heavy atom. The zero-order valence-corrected chi connectivity index (χ0v) is 16.5. The number of hydrogen-bond acceptors (Lipinski definition) is 5. The lowest BCUT2D eigenvalue weighted by Gasteiger charge is -2.44. The van der Waals surface area contributed by atoms with Crippen molar-refractivity contribution < 1.29 is 19.1 Å². The molecule has 3 rings (SSSR count). The molecule has 2 aliphatic heterocycles. The van der Waals surface area contributed by atoms with Gasteiger partial charge < -0.3 is 9.47 Å². The van der Waals surface area contributed by atoms with Crippen LogP contribution in [0.5, 0.6) is 0 Å². The summed E-state index contributed by atoms with van der Waals surface area (Å²) in [6, 6.07) is 7.29. The molecular formula is C22H31NO4. The van der Waals surface area contributed by atoms with Crippen LogP contribution in [-0.4, -0.2) is 49.2 Å². The Morgan fingerprint density at radius 2 is 1.67 bits per heavy atom. The van der Waals surface area contributed by atoms with Crippen LogP contribution in [0.25, 0.3) is 0 Å². The molecule has 2 unspecified atom stereocenters. The van der Waals surface area contributed by atoms with Gasteiger partial charge in [0.05, 0.1) is 24.3 Å². The van der Waals surface area contributed by atoms with Crippen molar-refractivity contribution in [3.8, 4) is 0 Å². The summed E-state index contributed by atoms with van der Waals surface area (Å²) in [4.78, 5) is 27.6. The van der Waals surface area contributed by atoms with Crippen LogP contribution in [-0.2, 0) is 9.47 Å². The lowest BCUT2D eigenvalue weighted by molar-refractivity contribution is 0.00708. The molecule has 0 radical (unpaired) electrons. The van der Waals surface area contributed by atoms with Crippen molar-refractivity contribution >= 4 is 11.9 Å². The van der Waals surface area contributed by atoms with Crippen molar-refractivity contribution in [1.82, 2.24) is 4.90 Å². The molecule has 1 aromatic rings. The van der Waals surface area contributed by atoms with Gasteiger partial charge in [-0.15, -0.1) is 0 Å². The molecule has 2 saturated heterocycles.